The predicted octanol–water partition coefficient (Wildman–Crippen LogP) is 4.33. The molecule has 0 aromatic heterocycles. The van der Waals surface area contributed by atoms with E-state index in [0.717, 1.165) is 28.2 Å². The zero-order chi connectivity index (χ0) is 23.7. The third-order valence-electron chi connectivity index (χ3n) is 5.42. The zero-order valence-corrected chi connectivity index (χ0v) is 19.2. The molecule has 3 aromatic carbocycles. The fourth-order valence-electron chi connectivity index (χ4n) is 3.72. The minimum absolute atomic E-state index is 0.0359. The lowest BCUT2D eigenvalue weighted by Gasteiger charge is -2.36. The van der Waals surface area contributed by atoms with E-state index in [2.05, 4.69) is 0 Å². The first-order chi connectivity index (χ1) is 16.0. The number of rotatable bonds is 11. The Kier molecular flexibility index (Phi) is 8.46. The molecule has 3 rings (SSSR count). The normalized spacial score (nSPS) is 12.1. The Morgan fingerprint density at radius 3 is 1.76 bits per heavy atom. The summed E-state index contributed by atoms with van der Waals surface area (Å²) in [4.78, 5) is 11.0. The lowest BCUT2D eigenvalue weighted by atomic mass is 9.80. The molecule has 0 spiro atoms. The number of aliphatic hydroxyl groups is 1. The van der Waals surface area contributed by atoms with Gasteiger partial charge in [0.1, 0.15) is 17.1 Å². The molecule has 0 amide bonds. The number of carbonyl (C=O) groups excluding carboxylic acids is 1. The SMILES string of the molecule is COc1ccc(C(OC[C@@H](O)CCOC(C)=O)(c2ccccc2)c2ccc(OC)cc2)cc1. The van der Waals surface area contributed by atoms with E-state index in [1.807, 2.05) is 78.9 Å². The fraction of sp³-hybridized carbons (Fsp3) is 0.296. The summed E-state index contributed by atoms with van der Waals surface area (Å²) in [5.41, 5.74) is 1.67. The van der Waals surface area contributed by atoms with Crippen LogP contribution < -0.4 is 9.47 Å². The summed E-state index contributed by atoms with van der Waals surface area (Å²) in [6.45, 7) is 1.51. The van der Waals surface area contributed by atoms with Gasteiger partial charge in [-0.15, -0.1) is 0 Å². The fourth-order valence-corrected chi connectivity index (χ4v) is 3.72. The molecule has 0 bridgehead atoms. The number of ether oxygens (including phenoxy) is 4. The minimum atomic E-state index is -0.998. The second-order valence-corrected chi connectivity index (χ2v) is 7.60. The van der Waals surface area contributed by atoms with Gasteiger partial charge in [0.15, 0.2) is 0 Å². The van der Waals surface area contributed by atoms with Crippen molar-refractivity contribution >= 4 is 5.97 Å². The number of hydrogen-bond acceptors (Lipinski definition) is 6. The highest BCUT2D eigenvalue weighted by Gasteiger charge is 2.38. The van der Waals surface area contributed by atoms with Crippen LogP contribution in [0.2, 0.25) is 0 Å². The Labute approximate surface area is 194 Å². The molecule has 174 valence electrons. The van der Waals surface area contributed by atoms with Crippen molar-refractivity contribution in [3.63, 3.8) is 0 Å². The Morgan fingerprint density at radius 1 is 0.818 bits per heavy atom. The van der Waals surface area contributed by atoms with Crippen LogP contribution in [0.3, 0.4) is 0 Å². The summed E-state index contributed by atoms with van der Waals surface area (Å²) in [5, 5.41) is 10.6. The Morgan fingerprint density at radius 2 is 1.30 bits per heavy atom. The lowest BCUT2D eigenvalue weighted by molar-refractivity contribution is -0.142. The highest BCUT2D eigenvalue weighted by molar-refractivity contribution is 5.65. The molecular weight excluding hydrogens is 420 g/mol. The number of esters is 1. The summed E-state index contributed by atoms with van der Waals surface area (Å²) in [7, 11) is 3.25. The van der Waals surface area contributed by atoms with Gasteiger partial charge < -0.3 is 24.1 Å². The van der Waals surface area contributed by atoms with Gasteiger partial charge in [0, 0.05) is 13.3 Å². The van der Waals surface area contributed by atoms with Crippen LogP contribution in [-0.4, -0.2) is 44.6 Å². The summed E-state index contributed by atoms with van der Waals surface area (Å²) in [6, 6.07) is 25.2. The van der Waals surface area contributed by atoms with Gasteiger partial charge >= 0.3 is 5.97 Å². The van der Waals surface area contributed by atoms with E-state index >= 15 is 0 Å². The maximum Gasteiger partial charge on any atom is 0.302 e. The van der Waals surface area contributed by atoms with Crippen LogP contribution in [0.1, 0.15) is 30.0 Å². The molecule has 0 radical (unpaired) electrons. The molecule has 0 aliphatic carbocycles. The number of hydrogen-bond donors (Lipinski definition) is 1. The highest BCUT2D eigenvalue weighted by Crippen LogP contribution is 2.41. The standard InChI is InChI=1S/C27H30O6/c1-20(28)32-18-17-24(29)19-33-27(21-7-5-4-6-8-21,22-9-13-25(30-2)14-10-22)23-11-15-26(31-3)16-12-23/h4-16,24,29H,17-19H2,1-3H3/t24-/m0/s1. The Balaban J connectivity index is 2.05. The molecule has 1 atom stereocenters. The average Bonchev–Trinajstić information content (AvgIpc) is 2.85. The first-order valence-electron chi connectivity index (χ1n) is 10.8. The maximum atomic E-state index is 11.0. The molecule has 6 nitrogen and oxygen atoms in total. The maximum absolute atomic E-state index is 11.0. The van der Waals surface area contributed by atoms with Gasteiger partial charge in [-0.3, -0.25) is 4.79 Å². The van der Waals surface area contributed by atoms with Crippen LogP contribution >= 0.6 is 0 Å². The van der Waals surface area contributed by atoms with Crippen LogP contribution in [-0.2, 0) is 19.9 Å². The second-order valence-electron chi connectivity index (χ2n) is 7.60. The third kappa shape index (κ3) is 5.92. The lowest BCUT2D eigenvalue weighted by Crippen LogP contribution is -2.36. The second kappa shape index (κ2) is 11.5. The molecule has 1 N–H and O–H groups in total. The van der Waals surface area contributed by atoms with E-state index in [0.29, 0.717) is 0 Å². The quantitative estimate of drug-likeness (QED) is 0.346. The van der Waals surface area contributed by atoms with E-state index in [4.69, 9.17) is 18.9 Å². The summed E-state index contributed by atoms with van der Waals surface area (Å²) in [5.74, 6) is 1.09. The van der Waals surface area contributed by atoms with Crippen molar-refractivity contribution in [2.24, 2.45) is 0 Å². The molecule has 33 heavy (non-hydrogen) atoms. The molecule has 0 aliphatic heterocycles. The monoisotopic (exact) mass is 450 g/mol. The van der Waals surface area contributed by atoms with E-state index in [-0.39, 0.29) is 25.6 Å². The van der Waals surface area contributed by atoms with E-state index < -0.39 is 11.7 Å². The molecule has 0 fully saturated rings. The smallest absolute Gasteiger partial charge is 0.302 e. The summed E-state index contributed by atoms with van der Waals surface area (Å²) >= 11 is 0. The third-order valence-corrected chi connectivity index (χ3v) is 5.42. The Bertz CT molecular complexity index is 952. The Hall–Kier alpha value is -3.35. The molecule has 3 aromatic rings. The molecule has 0 unspecified atom stereocenters. The van der Waals surface area contributed by atoms with Gasteiger partial charge in [-0.05, 0) is 41.0 Å². The van der Waals surface area contributed by atoms with Gasteiger partial charge in [0.25, 0.3) is 0 Å². The summed E-state index contributed by atoms with van der Waals surface area (Å²) in [6.07, 6.45) is -0.542. The van der Waals surface area contributed by atoms with Crippen LogP contribution in [0.4, 0.5) is 0 Å². The first kappa shape index (κ1) is 24.3. The van der Waals surface area contributed by atoms with Crippen molar-refractivity contribution < 1.29 is 28.8 Å². The summed E-state index contributed by atoms with van der Waals surface area (Å²) < 4.78 is 22.2. The van der Waals surface area contributed by atoms with Crippen molar-refractivity contribution in [2.75, 3.05) is 27.4 Å². The number of benzene rings is 3. The molecule has 0 saturated carbocycles. The van der Waals surface area contributed by atoms with Gasteiger partial charge in [-0.25, -0.2) is 0 Å². The van der Waals surface area contributed by atoms with Gasteiger partial charge in [-0.2, -0.15) is 0 Å². The van der Waals surface area contributed by atoms with Gasteiger partial charge in [0.05, 0.1) is 33.5 Å². The highest BCUT2D eigenvalue weighted by atomic mass is 16.5. The molecule has 0 saturated heterocycles. The van der Waals surface area contributed by atoms with E-state index in [1.54, 1.807) is 14.2 Å². The van der Waals surface area contributed by atoms with Crippen molar-refractivity contribution in [3.8, 4) is 11.5 Å². The van der Waals surface area contributed by atoms with E-state index in [9.17, 15) is 9.90 Å². The van der Waals surface area contributed by atoms with Crippen LogP contribution in [0, 0.1) is 0 Å². The van der Waals surface area contributed by atoms with Crippen LogP contribution in [0.25, 0.3) is 0 Å². The van der Waals surface area contributed by atoms with Crippen molar-refractivity contribution in [3.05, 3.63) is 95.6 Å². The number of methoxy groups -OCH3 is 2. The first-order valence-corrected chi connectivity index (χ1v) is 10.8. The number of aliphatic hydroxyl groups excluding tert-OH is 1. The van der Waals surface area contributed by atoms with Crippen LogP contribution in [0.15, 0.2) is 78.9 Å². The van der Waals surface area contributed by atoms with Crippen molar-refractivity contribution in [1.29, 1.82) is 0 Å². The van der Waals surface area contributed by atoms with Gasteiger partial charge in [0.2, 0.25) is 0 Å². The number of carbonyl (C=O) groups is 1. The topological polar surface area (TPSA) is 74.2 Å². The molecule has 0 aliphatic rings. The molecular formula is C27H30O6. The predicted molar refractivity (Wildman–Crippen MR) is 126 cm³/mol. The minimum Gasteiger partial charge on any atom is -0.497 e. The van der Waals surface area contributed by atoms with Crippen molar-refractivity contribution in [2.45, 2.75) is 25.0 Å². The largest absolute Gasteiger partial charge is 0.497 e. The van der Waals surface area contributed by atoms with E-state index in [1.165, 1.54) is 6.92 Å². The van der Waals surface area contributed by atoms with Crippen LogP contribution in [0.5, 0.6) is 11.5 Å². The molecule has 0 heterocycles. The van der Waals surface area contributed by atoms with Crippen molar-refractivity contribution in [1.82, 2.24) is 0 Å². The molecule has 6 heteroatoms. The zero-order valence-electron chi connectivity index (χ0n) is 19.2. The van der Waals surface area contributed by atoms with Gasteiger partial charge in [-0.1, -0.05) is 54.6 Å². The average molecular weight is 451 g/mol.